The smallest absolute Gasteiger partial charge is 0.269 e. The molecule has 0 fully saturated rings. The Hall–Kier alpha value is -3.02. The quantitative estimate of drug-likeness (QED) is 0.728. The maximum atomic E-state index is 12.5. The van der Waals surface area contributed by atoms with Crippen LogP contribution in [0.15, 0.2) is 53.5 Å². The molecule has 0 bridgehead atoms. The highest BCUT2D eigenvalue weighted by atomic mass is 16.2. The first-order valence-corrected chi connectivity index (χ1v) is 7.82. The molecule has 0 aliphatic heterocycles. The van der Waals surface area contributed by atoms with Gasteiger partial charge in [-0.15, -0.1) is 0 Å². The summed E-state index contributed by atoms with van der Waals surface area (Å²) in [5, 5.41) is 3.42. The van der Waals surface area contributed by atoms with Crippen LogP contribution in [0.25, 0.3) is 10.9 Å². The molecule has 0 radical (unpaired) electrons. The third-order valence-corrected chi connectivity index (χ3v) is 3.79. The third kappa shape index (κ3) is 3.32. The molecule has 1 amide bonds. The van der Waals surface area contributed by atoms with Gasteiger partial charge in [-0.05, 0) is 37.6 Å². The van der Waals surface area contributed by atoms with Gasteiger partial charge >= 0.3 is 0 Å². The standard InChI is InChI=1S/C18H18N4O2/c1-13-21-15-8-3-2-7-14(15)18(24)22(13)12-6-11-20-17(23)16-9-4-5-10-19-16/h2-5,7-10H,6,11-12H2,1H3,(H,20,23). The topological polar surface area (TPSA) is 76.9 Å². The Bertz CT molecular complexity index is 919. The van der Waals surface area contributed by atoms with Crippen LogP contribution < -0.4 is 10.9 Å². The molecule has 1 N–H and O–H groups in total. The monoisotopic (exact) mass is 322 g/mol. The average molecular weight is 322 g/mol. The minimum atomic E-state index is -0.212. The molecule has 3 rings (SSSR count). The van der Waals surface area contributed by atoms with E-state index >= 15 is 0 Å². The number of pyridine rings is 1. The van der Waals surface area contributed by atoms with Crippen LogP contribution in [0.5, 0.6) is 0 Å². The summed E-state index contributed by atoms with van der Waals surface area (Å²) in [6, 6.07) is 12.5. The summed E-state index contributed by atoms with van der Waals surface area (Å²) in [6.07, 6.45) is 2.22. The molecule has 0 saturated heterocycles. The van der Waals surface area contributed by atoms with E-state index in [1.165, 1.54) is 0 Å². The molecule has 0 aliphatic carbocycles. The summed E-state index contributed by atoms with van der Waals surface area (Å²) in [4.78, 5) is 32.9. The number of nitrogens with one attached hydrogen (secondary N) is 1. The van der Waals surface area contributed by atoms with Crippen molar-refractivity contribution in [3.05, 3.63) is 70.5 Å². The lowest BCUT2D eigenvalue weighted by Crippen LogP contribution is -2.29. The van der Waals surface area contributed by atoms with Crippen molar-refractivity contribution in [2.75, 3.05) is 6.54 Å². The Balaban J connectivity index is 1.64. The van der Waals surface area contributed by atoms with Crippen molar-refractivity contribution >= 4 is 16.8 Å². The minimum absolute atomic E-state index is 0.0471. The third-order valence-electron chi connectivity index (χ3n) is 3.79. The normalized spacial score (nSPS) is 10.7. The molecule has 122 valence electrons. The summed E-state index contributed by atoms with van der Waals surface area (Å²) in [6.45, 7) is 2.79. The van der Waals surface area contributed by atoms with Gasteiger partial charge < -0.3 is 5.32 Å². The van der Waals surface area contributed by atoms with Crippen LogP contribution in [0.2, 0.25) is 0 Å². The Morgan fingerprint density at radius 3 is 2.75 bits per heavy atom. The summed E-state index contributed by atoms with van der Waals surface area (Å²) in [5.74, 6) is 0.464. The summed E-state index contributed by atoms with van der Waals surface area (Å²) in [7, 11) is 0. The second-order valence-electron chi connectivity index (χ2n) is 5.46. The Morgan fingerprint density at radius 2 is 1.96 bits per heavy atom. The Labute approximate surface area is 139 Å². The van der Waals surface area contributed by atoms with Gasteiger partial charge in [0, 0.05) is 19.3 Å². The Morgan fingerprint density at radius 1 is 1.17 bits per heavy atom. The van der Waals surface area contributed by atoms with E-state index in [4.69, 9.17) is 0 Å². The number of hydrogen-bond donors (Lipinski definition) is 1. The van der Waals surface area contributed by atoms with Gasteiger partial charge in [0.1, 0.15) is 11.5 Å². The van der Waals surface area contributed by atoms with Crippen molar-refractivity contribution < 1.29 is 4.79 Å². The SMILES string of the molecule is Cc1nc2ccccc2c(=O)n1CCCNC(=O)c1ccccn1. The van der Waals surface area contributed by atoms with Crippen molar-refractivity contribution in [1.29, 1.82) is 0 Å². The maximum Gasteiger partial charge on any atom is 0.269 e. The number of nitrogens with zero attached hydrogens (tertiary/aromatic N) is 3. The molecule has 6 nitrogen and oxygen atoms in total. The summed E-state index contributed by atoms with van der Waals surface area (Å²) in [5.41, 5.74) is 1.05. The van der Waals surface area contributed by atoms with Crippen molar-refractivity contribution in [1.82, 2.24) is 19.9 Å². The summed E-state index contributed by atoms with van der Waals surface area (Å²) < 4.78 is 1.65. The Kier molecular flexibility index (Phi) is 4.65. The van der Waals surface area contributed by atoms with Crippen molar-refractivity contribution in [2.24, 2.45) is 0 Å². The van der Waals surface area contributed by atoms with E-state index in [1.54, 1.807) is 35.0 Å². The lowest BCUT2D eigenvalue weighted by Gasteiger charge is -2.11. The number of benzene rings is 1. The van der Waals surface area contributed by atoms with Gasteiger partial charge in [0.05, 0.1) is 10.9 Å². The van der Waals surface area contributed by atoms with Crippen LogP contribution in [-0.4, -0.2) is 27.0 Å². The second-order valence-corrected chi connectivity index (χ2v) is 5.46. The van der Waals surface area contributed by atoms with E-state index in [-0.39, 0.29) is 11.5 Å². The number of rotatable bonds is 5. The number of para-hydroxylation sites is 1. The van der Waals surface area contributed by atoms with E-state index in [1.807, 2.05) is 25.1 Å². The van der Waals surface area contributed by atoms with Crippen LogP contribution >= 0.6 is 0 Å². The van der Waals surface area contributed by atoms with Gasteiger partial charge in [-0.3, -0.25) is 19.1 Å². The molecule has 2 heterocycles. The van der Waals surface area contributed by atoms with Gasteiger partial charge in [-0.25, -0.2) is 4.98 Å². The fraction of sp³-hybridized carbons (Fsp3) is 0.222. The van der Waals surface area contributed by atoms with E-state index in [0.29, 0.717) is 41.9 Å². The predicted octanol–water partition coefficient (Wildman–Crippen LogP) is 1.92. The molecular weight excluding hydrogens is 304 g/mol. The highest BCUT2D eigenvalue weighted by Crippen LogP contribution is 2.07. The van der Waals surface area contributed by atoms with E-state index in [0.717, 1.165) is 0 Å². The molecule has 0 saturated carbocycles. The van der Waals surface area contributed by atoms with E-state index in [9.17, 15) is 9.59 Å². The van der Waals surface area contributed by atoms with Gasteiger partial charge in [0.15, 0.2) is 0 Å². The van der Waals surface area contributed by atoms with Crippen LogP contribution in [0.4, 0.5) is 0 Å². The van der Waals surface area contributed by atoms with Gasteiger partial charge in [0.2, 0.25) is 0 Å². The molecule has 2 aromatic heterocycles. The largest absolute Gasteiger partial charge is 0.351 e. The molecule has 3 aromatic rings. The average Bonchev–Trinajstić information content (AvgIpc) is 2.61. The summed E-state index contributed by atoms with van der Waals surface area (Å²) >= 11 is 0. The molecule has 0 spiro atoms. The van der Waals surface area contributed by atoms with Gasteiger partial charge in [-0.1, -0.05) is 18.2 Å². The fourth-order valence-electron chi connectivity index (χ4n) is 2.57. The lowest BCUT2D eigenvalue weighted by atomic mass is 10.2. The number of fused-ring (bicyclic) bond motifs is 1. The van der Waals surface area contributed by atoms with Crippen LogP contribution in [0, 0.1) is 6.92 Å². The second kappa shape index (κ2) is 7.04. The highest BCUT2D eigenvalue weighted by Gasteiger charge is 2.08. The number of carbonyl (C=O) groups excluding carboxylic acids is 1. The maximum absolute atomic E-state index is 12.5. The molecule has 24 heavy (non-hydrogen) atoms. The molecule has 0 unspecified atom stereocenters. The lowest BCUT2D eigenvalue weighted by molar-refractivity contribution is 0.0947. The molecule has 0 atom stereocenters. The van der Waals surface area contributed by atoms with Crippen LogP contribution in [0.3, 0.4) is 0 Å². The van der Waals surface area contributed by atoms with Crippen molar-refractivity contribution in [3.8, 4) is 0 Å². The van der Waals surface area contributed by atoms with E-state index < -0.39 is 0 Å². The first-order chi connectivity index (χ1) is 11.7. The van der Waals surface area contributed by atoms with Crippen molar-refractivity contribution in [2.45, 2.75) is 19.9 Å². The molecule has 6 heteroatoms. The highest BCUT2D eigenvalue weighted by molar-refractivity contribution is 5.92. The predicted molar refractivity (Wildman–Crippen MR) is 91.9 cm³/mol. The zero-order valence-electron chi connectivity index (χ0n) is 13.4. The zero-order valence-corrected chi connectivity index (χ0v) is 13.4. The number of amides is 1. The first kappa shape index (κ1) is 15.9. The van der Waals surface area contributed by atoms with Crippen LogP contribution in [-0.2, 0) is 6.54 Å². The number of aromatic nitrogens is 3. The fourth-order valence-corrected chi connectivity index (χ4v) is 2.57. The van der Waals surface area contributed by atoms with Crippen LogP contribution in [0.1, 0.15) is 22.7 Å². The number of hydrogen-bond acceptors (Lipinski definition) is 4. The number of carbonyl (C=O) groups is 1. The van der Waals surface area contributed by atoms with Gasteiger partial charge in [0.25, 0.3) is 11.5 Å². The first-order valence-electron chi connectivity index (χ1n) is 7.82. The van der Waals surface area contributed by atoms with Crippen molar-refractivity contribution in [3.63, 3.8) is 0 Å². The number of aryl methyl sites for hydroxylation is 1. The minimum Gasteiger partial charge on any atom is -0.351 e. The molecule has 1 aromatic carbocycles. The molecule has 0 aliphatic rings. The van der Waals surface area contributed by atoms with E-state index in [2.05, 4.69) is 15.3 Å². The molecular formula is C18H18N4O2. The zero-order chi connectivity index (χ0) is 16.9. The van der Waals surface area contributed by atoms with Gasteiger partial charge in [-0.2, -0.15) is 0 Å².